The molecule has 0 saturated carbocycles. The number of halogens is 1. The van der Waals surface area contributed by atoms with Gasteiger partial charge in [0.25, 0.3) is 0 Å². The number of Topliss-reactive ketones (excluding diaryl/α,β-unsaturated/α-hetero) is 1. The zero-order valence-corrected chi connectivity index (χ0v) is 15.7. The minimum absolute atomic E-state index is 0.260. The first-order valence-corrected chi connectivity index (χ1v) is 9.35. The van der Waals surface area contributed by atoms with E-state index in [2.05, 4.69) is 5.10 Å². The van der Waals surface area contributed by atoms with Crippen LogP contribution in [-0.4, -0.2) is 28.1 Å². The first-order valence-electron chi connectivity index (χ1n) is 8.53. The number of ether oxygens (including phenoxy) is 1. The Bertz CT molecular complexity index is 1160. The van der Waals surface area contributed by atoms with E-state index in [1.54, 1.807) is 47.1 Å². The summed E-state index contributed by atoms with van der Waals surface area (Å²) in [6.07, 6.45) is 0. The lowest BCUT2D eigenvalue weighted by Gasteiger charge is -2.03. The number of carbonyl (C=O) groups excluding carboxylic acids is 2. The van der Waals surface area contributed by atoms with Crippen molar-refractivity contribution >= 4 is 33.3 Å². The zero-order chi connectivity index (χ0) is 19.7. The molecule has 0 aliphatic rings. The fourth-order valence-corrected chi connectivity index (χ4v) is 3.89. The van der Waals surface area contributed by atoms with Crippen LogP contribution in [0.15, 0.2) is 60.7 Å². The van der Waals surface area contributed by atoms with Gasteiger partial charge in [-0.05, 0) is 37.3 Å². The van der Waals surface area contributed by atoms with Gasteiger partial charge in [0, 0.05) is 10.9 Å². The van der Waals surface area contributed by atoms with Gasteiger partial charge in [-0.2, -0.15) is 5.10 Å². The largest absolute Gasteiger partial charge is 0.453 e. The summed E-state index contributed by atoms with van der Waals surface area (Å²) < 4.78 is 20.0. The molecule has 0 N–H and O–H groups in total. The highest BCUT2D eigenvalue weighted by Gasteiger charge is 2.19. The Labute approximate surface area is 164 Å². The molecule has 2 aromatic heterocycles. The average Bonchev–Trinajstić information content (AvgIpc) is 3.28. The van der Waals surface area contributed by atoms with Crippen LogP contribution < -0.4 is 0 Å². The van der Waals surface area contributed by atoms with Crippen molar-refractivity contribution in [1.82, 2.24) is 9.78 Å². The summed E-state index contributed by atoms with van der Waals surface area (Å²) in [6.45, 7) is 1.52. The summed E-state index contributed by atoms with van der Waals surface area (Å²) in [6, 6.07) is 16.3. The third-order valence-corrected chi connectivity index (χ3v) is 5.34. The minimum atomic E-state index is -0.560. The quantitative estimate of drug-likeness (QED) is 0.367. The summed E-state index contributed by atoms with van der Waals surface area (Å²) in [5, 5.41) is 5.28. The molecule has 0 saturated heterocycles. The smallest absolute Gasteiger partial charge is 0.348 e. The first kappa shape index (κ1) is 18.1. The number of hydrogen-bond donors (Lipinski definition) is 0. The summed E-state index contributed by atoms with van der Waals surface area (Å²) in [7, 11) is 0. The van der Waals surface area contributed by atoms with Crippen molar-refractivity contribution in [3.05, 3.63) is 82.6 Å². The Kier molecular flexibility index (Phi) is 4.75. The van der Waals surface area contributed by atoms with E-state index >= 15 is 0 Å². The standard InChI is InChI=1S/C21H15FN2O3S/c1-13-17-11-19(21(26)27-12-18(25)14-5-3-2-4-6-14)28-20(17)24(23-13)16-9-7-15(22)8-10-16/h2-11H,12H2,1H3. The molecular weight excluding hydrogens is 379 g/mol. The highest BCUT2D eigenvalue weighted by Crippen LogP contribution is 2.30. The normalized spacial score (nSPS) is 10.9. The van der Waals surface area contributed by atoms with Crippen LogP contribution in [-0.2, 0) is 4.74 Å². The van der Waals surface area contributed by atoms with E-state index < -0.39 is 5.97 Å². The van der Waals surface area contributed by atoms with Crippen LogP contribution in [0.5, 0.6) is 0 Å². The number of fused-ring (bicyclic) bond motifs is 1. The van der Waals surface area contributed by atoms with Crippen LogP contribution in [0, 0.1) is 12.7 Å². The molecular formula is C21H15FN2O3S. The molecule has 0 bridgehead atoms. The van der Waals surface area contributed by atoms with Crippen LogP contribution in [0.25, 0.3) is 15.9 Å². The number of nitrogens with zero attached hydrogens (tertiary/aromatic N) is 2. The van der Waals surface area contributed by atoms with Gasteiger partial charge in [-0.15, -0.1) is 11.3 Å². The molecule has 140 valence electrons. The van der Waals surface area contributed by atoms with E-state index in [4.69, 9.17) is 4.74 Å². The maximum Gasteiger partial charge on any atom is 0.348 e. The maximum absolute atomic E-state index is 13.2. The van der Waals surface area contributed by atoms with Crippen molar-refractivity contribution in [2.75, 3.05) is 6.61 Å². The molecule has 0 atom stereocenters. The van der Waals surface area contributed by atoms with Gasteiger partial charge in [0.2, 0.25) is 0 Å². The molecule has 28 heavy (non-hydrogen) atoms. The van der Waals surface area contributed by atoms with Crippen LogP contribution in [0.2, 0.25) is 0 Å². The highest BCUT2D eigenvalue weighted by atomic mass is 32.1. The molecule has 0 unspecified atom stereocenters. The van der Waals surface area contributed by atoms with Gasteiger partial charge in [0.1, 0.15) is 15.5 Å². The number of aromatic nitrogens is 2. The van der Waals surface area contributed by atoms with Gasteiger partial charge in [0.05, 0.1) is 11.4 Å². The molecule has 0 radical (unpaired) electrons. The van der Waals surface area contributed by atoms with Gasteiger partial charge < -0.3 is 4.74 Å². The van der Waals surface area contributed by atoms with Gasteiger partial charge >= 0.3 is 5.97 Å². The van der Waals surface area contributed by atoms with Gasteiger partial charge in [0.15, 0.2) is 12.4 Å². The molecule has 5 nitrogen and oxygen atoms in total. The third-order valence-electron chi connectivity index (χ3n) is 4.25. The Balaban J connectivity index is 1.56. The number of carbonyl (C=O) groups is 2. The van der Waals surface area contributed by atoms with E-state index in [-0.39, 0.29) is 18.2 Å². The van der Waals surface area contributed by atoms with Gasteiger partial charge in [-0.1, -0.05) is 30.3 Å². The van der Waals surface area contributed by atoms with Crippen molar-refractivity contribution in [3.8, 4) is 5.69 Å². The van der Waals surface area contributed by atoms with Crippen molar-refractivity contribution in [2.45, 2.75) is 6.92 Å². The number of benzene rings is 2. The summed E-state index contributed by atoms with van der Waals surface area (Å²) in [4.78, 5) is 25.7. The topological polar surface area (TPSA) is 61.2 Å². The maximum atomic E-state index is 13.2. The molecule has 0 spiro atoms. The van der Waals surface area contributed by atoms with Crippen LogP contribution >= 0.6 is 11.3 Å². The van der Waals surface area contributed by atoms with E-state index in [0.717, 1.165) is 15.9 Å². The number of hydrogen-bond acceptors (Lipinski definition) is 5. The second-order valence-electron chi connectivity index (χ2n) is 6.17. The molecule has 0 aliphatic carbocycles. The molecule has 2 heterocycles. The lowest BCUT2D eigenvalue weighted by atomic mass is 10.1. The molecule has 0 aliphatic heterocycles. The predicted molar refractivity (Wildman–Crippen MR) is 105 cm³/mol. The molecule has 2 aromatic carbocycles. The average molecular weight is 394 g/mol. The summed E-state index contributed by atoms with van der Waals surface area (Å²) in [5.74, 6) is -1.15. The fraction of sp³-hybridized carbons (Fsp3) is 0.0952. The van der Waals surface area contributed by atoms with Crippen LogP contribution in [0.1, 0.15) is 25.7 Å². The second-order valence-corrected chi connectivity index (χ2v) is 7.20. The summed E-state index contributed by atoms with van der Waals surface area (Å²) in [5.41, 5.74) is 1.94. The lowest BCUT2D eigenvalue weighted by Crippen LogP contribution is -2.13. The van der Waals surface area contributed by atoms with E-state index in [1.807, 2.05) is 13.0 Å². The van der Waals surface area contributed by atoms with Crippen LogP contribution in [0.3, 0.4) is 0 Å². The first-order chi connectivity index (χ1) is 13.5. The van der Waals surface area contributed by atoms with Crippen LogP contribution in [0.4, 0.5) is 4.39 Å². The number of thiophene rings is 1. The molecule has 0 amide bonds. The fourth-order valence-electron chi connectivity index (χ4n) is 2.81. The minimum Gasteiger partial charge on any atom is -0.453 e. The predicted octanol–water partition coefficient (Wildman–Crippen LogP) is 4.57. The Hall–Kier alpha value is -3.32. The SMILES string of the molecule is Cc1nn(-c2ccc(F)cc2)c2sc(C(=O)OCC(=O)c3ccccc3)cc12. The van der Waals surface area contributed by atoms with Crippen molar-refractivity contribution < 1.29 is 18.7 Å². The molecule has 7 heteroatoms. The Morgan fingerprint density at radius 3 is 2.54 bits per heavy atom. The Morgan fingerprint density at radius 1 is 1.11 bits per heavy atom. The highest BCUT2D eigenvalue weighted by molar-refractivity contribution is 7.20. The number of ketones is 1. The van der Waals surface area contributed by atoms with E-state index in [9.17, 15) is 14.0 Å². The van der Waals surface area contributed by atoms with Gasteiger partial charge in [-0.3, -0.25) is 4.79 Å². The number of rotatable bonds is 5. The molecule has 4 aromatic rings. The monoisotopic (exact) mass is 394 g/mol. The number of esters is 1. The van der Waals surface area contributed by atoms with Crippen molar-refractivity contribution in [2.24, 2.45) is 0 Å². The van der Waals surface area contributed by atoms with E-state index in [1.165, 1.54) is 23.5 Å². The zero-order valence-electron chi connectivity index (χ0n) is 14.9. The van der Waals surface area contributed by atoms with Crippen molar-refractivity contribution in [1.29, 1.82) is 0 Å². The summed E-state index contributed by atoms with van der Waals surface area (Å²) >= 11 is 1.22. The molecule has 4 rings (SSSR count). The third kappa shape index (κ3) is 3.44. The lowest BCUT2D eigenvalue weighted by molar-refractivity contribution is 0.0479. The number of aryl methyl sites for hydroxylation is 1. The van der Waals surface area contributed by atoms with E-state index in [0.29, 0.717) is 16.1 Å². The second kappa shape index (κ2) is 7.36. The molecule has 0 fully saturated rings. The Morgan fingerprint density at radius 2 is 1.82 bits per heavy atom. The van der Waals surface area contributed by atoms with Gasteiger partial charge in [-0.25, -0.2) is 13.9 Å². The van der Waals surface area contributed by atoms with Crippen molar-refractivity contribution in [3.63, 3.8) is 0 Å².